The molecule has 124 heavy (non-hydrogen) atoms. The summed E-state index contributed by atoms with van der Waals surface area (Å²) in [6.07, 6.45) is 0. The van der Waals surface area contributed by atoms with Gasteiger partial charge in [-0.25, -0.2) is 0 Å². The minimum Gasteiger partial charge on any atom is -0.135 e. The molecule has 6 aromatic heterocycles. The van der Waals surface area contributed by atoms with Crippen molar-refractivity contribution >= 4 is 388 Å². The minimum atomic E-state index is 0.709. The van der Waals surface area contributed by atoms with Gasteiger partial charge in [-0.15, -0.1) is 68.0 Å². The highest BCUT2D eigenvalue weighted by molar-refractivity contribution is 14.1. The van der Waals surface area contributed by atoms with Crippen molar-refractivity contribution in [2.24, 2.45) is 0 Å². The fraction of sp³-hybridized carbons (Fsp3) is 0. The Morgan fingerprint density at radius 2 is 0.532 bits per heavy atom. The van der Waals surface area contributed by atoms with Crippen LogP contribution in [-0.4, -0.2) is 0 Å². The standard InChI is InChI=1S/C40H22S2.C38H20I2S2.C34H14Cl4S2/c1-2-9-23(10-3-1)28-21-22-30-34-31-19-17-24-11-4-6-13-26(24)38(31)41-33-16-8-15-29(36(33)34)35-32-20-18-25-12-5-7-14-27(25)39(32)42-40(28)37(30)35;39-29-11-3-1-7-23(29)21-15-17-31-27(19-21)35-25-9-5-14-34-38(25)36(26-10-6-13-33(41-31)37(26)35)28-20-22(16-18-32(28)42-34)24-8-2-4-12-30(24)40;35-15-10-22-30-24-14-26(38)18-6-2-4-8-20(18)34(24)40-28-12-16(36)9-21(32(28)30)29-23-13-25(37)17-5-1-3-7-19(17)33(23)39-27(11-15)31(22)29/h1-22H;1-20H;1-14H. The second-order valence-electron chi connectivity index (χ2n) is 32.1. The average molecular weight is 1990 g/mol. The number of fused-ring (bicyclic) bond motifs is 26. The van der Waals surface area contributed by atoms with Crippen molar-refractivity contribution in [3.63, 3.8) is 0 Å². The third-order valence-corrected chi connectivity index (χ3v) is 35.5. The lowest BCUT2D eigenvalue weighted by molar-refractivity contribution is 1.61. The van der Waals surface area contributed by atoms with Gasteiger partial charge in [-0.2, -0.15) is 0 Å². The van der Waals surface area contributed by atoms with Crippen molar-refractivity contribution in [1.29, 1.82) is 0 Å². The van der Waals surface area contributed by atoms with E-state index in [2.05, 4.69) is 373 Å². The molecule has 0 nitrogen and oxygen atoms in total. The molecule has 0 unspecified atom stereocenters. The van der Waals surface area contributed by atoms with Crippen molar-refractivity contribution in [2.45, 2.75) is 0 Å². The quantitative estimate of drug-likeness (QED) is 0.0940. The molecule has 28 rings (SSSR count). The van der Waals surface area contributed by atoms with E-state index in [1.54, 1.807) is 22.7 Å². The van der Waals surface area contributed by atoms with Crippen LogP contribution in [0.1, 0.15) is 0 Å². The highest BCUT2D eigenvalue weighted by Gasteiger charge is 2.27. The largest absolute Gasteiger partial charge is 0.135 e. The van der Waals surface area contributed by atoms with E-state index in [1.165, 1.54) is 206 Å². The molecule has 0 fully saturated rings. The van der Waals surface area contributed by atoms with E-state index >= 15 is 0 Å². The van der Waals surface area contributed by atoms with Gasteiger partial charge in [0, 0.05) is 202 Å². The number of rotatable bonds is 3. The van der Waals surface area contributed by atoms with Crippen LogP contribution < -0.4 is 0 Å². The summed E-state index contributed by atoms with van der Waals surface area (Å²) in [7, 11) is 0. The lowest BCUT2D eigenvalue weighted by Gasteiger charge is -2.20. The molecule has 0 spiro atoms. The van der Waals surface area contributed by atoms with Crippen LogP contribution in [0.3, 0.4) is 0 Å². The average Bonchev–Trinajstić information content (AvgIpc) is 0.692. The first-order valence-corrected chi connectivity index (χ1v) is 49.4. The fourth-order valence-electron chi connectivity index (χ4n) is 20.3. The van der Waals surface area contributed by atoms with Crippen molar-refractivity contribution in [1.82, 2.24) is 0 Å². The second kappa shape index (κ2) is 29.0. The zero-order valence-electron chi connectivity index (χ0n) is 65.0. The van der Waals surface area contributed by atoms with Gasteiger partial charge in [0.1, 0.15) is 0 Å². The van der Waals surface area contributed by atoms with Gasteiger partial charge < -0.3 is 0 Å². The Balaban J connectivity index is 0.0000000995. The highest BCUT2D eigenvalue weighted by atomic mass is 127. The van der Waals surface area contributed by atoms with E-state index in [0.29, 0.717) is 10.0 Å². The normalized spacial score (nSPS) is 12.3. The monoisotopic (exact) mass is 1990 g/mol. The molecular weight excluding hydrogens is 1930 g/mol. The fourth-order valence-corrected chi connectivity index (χ4v) is 30.2. The number of halogens is 6. The van der Waals surface area contributed by atoms with E-state index in [-0.39, 0.29) is 0 Å². The molecule has 0 N–H and O–H groups in total. The number of hydrogen-bond donors (Lipinski definition) is 0. The minimum absolute atomic E-state index is 0.709. The summed E-state index contributed by atoms with van der Waals surface area (Å²) >= 11 is 43.8. The maximum absolute atomic E-state index is 6.93. The van der Waals surface area contributed by atoms with Gasteiger partial charge in [-0.3, -0.25) is 0 Å². The summed E-state index contributed by atoms with van der Waals surface area (Å²) in [4.78, 5) is 0. The molecule has 12 heteroatoms. The van der Waals surface area contributed by atoms with Gasteiger partial charge in [0.05, 0.1) is 0 Å². The zero-order chi connectivity index (χ0) is 82.2. The van der Waals surface area contributed by atoms with E-state index in [1.807, 2.05) is 57.5 Å². The number of hydrogen-bond acceptors (Lipinski definition) is 6. The molecule has 0 amide bonds. The lowest BCUT2D eigenvalue weighted by Crippen LogP contribution is -1.91. The molecule has 0 aliphatic heterocycles. The topological polar surface area (TPSA) is 0 Å². The summed E-state index contributed by atoms with van der Waals surface area (Å²) in [5.41, 5.74) is 7.69. The predicted octanol–water partition coefficient (Wildman–Crippen LogP) is 39.6. The Kier molecular flexibility index (Phi) is 17.5. The summed E-state index contributed by atoms with van der Waals surface area (Å²) < 4.78 is 18.0. The molecule has 0 bridgehead atoms. The maximum Gasteiger partial charge on any atom is 0.0491 e. The van der Waals surface area contributed by atoms with Crippen LogP contribution >= 0.6 is 160 Å². The molecule has 22 aromatic carbocycles. The van der Waals surface area contributed by atoms with E-state index in [9.17, 15) is 0 Å². The van der Waals surface area contributed by atoms with E-state index < -0.39 is 0 Å². The second-order valence-corrected chi connectivity index (χ2v) is 42.4. The molecule has 0 radical (unpaired) electrons. The number of benzene rings is 22. The van der Waals surface area contributed by atoms with Crippen LogP contribution in [0.5, 0.6) is 0 Å². The van der Waals surface area contributed by atoms with E-state index in [4.69, 9.17) is 46.4 Å². The first-order valence-electron chi connectivity index (χ1n) is 40.9. The van der Waals surface area contributed by atoms with Gasteiger partial charge >= 0.3 is 0 Å². The molecule has 0 saturated carbocycles. The van der Waals surface area contributed by atoms with E-state index in [0.717, 1.165) is 73.3 Å². The Bertz CT molecular complexity index is 9270. The van der Waals surface area contributed by atoms with Gasteiger partial charge in [0.15, 0.2) is 0 Å². The van der Waals surface area contributed by atoms with Gasteiger partial charge in [0.25, 0.3) is 0 Å². The molecule has 0 atom stereocenters. The molecule has 0 aliphatic rings. The third kappa shape index (κ3) is 11.3. The molecule has 0 aliphatic carbocycles. The van der Waals surface area contributed by atoms with Crippen LogP contribution in [0, 0.1) is 7.14 Å². The first-order chi connectivity index (χ1) is 61.0. The van der Waals surface area contributed by atoms with Crippen LogP contribution in [0.15, 0.2) is 340 Å². The van der Waals surface area contributed by atoms with Crippen molar-refractivity contribution < 1.29 is 0 Å². The third-order valence-electron chi connectivity index (χ3n) is 25.4. The molecule has 0 saturated heterocycles. The maximum atomic E-state index is 6.93. The molecule has 6 heterocycles. The Labute approximate surface area is 779 Å². The molecule has 582 valence electrons. The van der Waals surface area contributed by atoms with Gasteiger partial charge in [-0.05, 0) is 223 Å². The van der Waals surface area contributed by atoms with Crippen LogP contribution in [-0.2, 0) is 0 Å². The summed E-state index contributed by atoms with van der Waals surface area (Å²) in [5.74, 6) is 0. The first kappa shape index (κ1) is 74.8. The Morgan fingerprint density at radius 3 is 1.02 bits per heavy atom. The Hall–Kier alpha value is -10.6. The van der Waals surface area contributed by atoms with Crippen LogP contribution in [0.2, 0.25) is 20.1 Å². The summed E-state index contributed by atoms with van der Waals surface area (Å²) in [6.45, 7) is 0. The predicted molar refractivity (Wildman–Crippen MR) is 574 cm³/mol. The summed E-state index contributed by atoms with van der Waals surface area (Å²) in [5, 5.41) is 43.5. The zero-order valence-corrected chi connectivity index (χ0v) is 77.3. The summed E-state index contributed by atoms with van der Waals surface area (Å²) in [6, 6.07) is 124. The molecular formula is C112H56Cl4I2S6. The van der Waals surface area contributed by atoms with Gasteiger partial charge in [-0.1, -0.05) is 295 Å². The van der Waals surface area contributed by atoms with Crippen LogP contribution in [0.4, 0.5) is 0 Å². The van der Waals surface area contributed by atoms with Gasteiger partial charge in [0.2, 0.25) is 0 Å². The molecule has 28 aromatic rings. The highest BCUT2D eigenvalue weighted by Crippen LogP contribution is 2.57. The Morgan fingerprint density at radius 1 is 0.169 bits per heavy atom. The lowest BCUT2D eigenvalue weighted by atomic mass is 9.89. The van der Waals surface area contributed by atoms with Crippen molar-refractivity contribution in [3.05, 3.63) is 367 Å². The SMILES string of the molecule is Clc1cc2sc3c4ccccc4c(Cl)cc3c3c4cc(Cl)cc5sc6c7ccccc7c(Cl)cc6c(c(c1)c23)c54.Ic1ccccc1-c1ccc2sc3cccc4c3c(c2c1)c1cccc2sc3ccc(-c5ccccc5I)cc3c4c21.c1ccc(-c2ccc3c4c2sc2c5ccccc5ccc2c4c2cccc4sc5c6ccccc6ccc5c3c42)cc1. The smallest absolute Gasteiger partial charge is 0.0491 e. The van der Waals surface area contributed by atoms with Crippen molar-refractivity contribution in [3.8, 4) is 33.4 Å². The van der Waals surface area contributed by atoms with Crippen molar-refractivity contribution in [2.75, 3.05) is 0 Å². The van der Waals surface area contributed by atoms with Crippen LogP contribution in [0.25, 0.3) is 262 Å².